The number of carbonyl (C=O) groups is 2. The maximum Gasteiger partial charge on any atom is 0.407 e. The molecule has 17 heteroatoms. The van der Waals surface area contributed by atoms with E-state index in [4.69, 9.17) is 23.9 Å². The molecular weight excluding hydrogens is 899 g/mol. The van der Waals surface area contributed by atoms with Crippen molar-refractivity contribution in [1.29, 1.82) is 0 Å². The maximum absolute atomic E-state index is 14.1. The summed E-state index contributed by atoms with van der Waals surface area (Å²) in [7, 11) is -0.308. The molecule has 0 unspecified atom stereocenters. The zero-order chi connectivity index (χ0) is 47.0. The zero-order valence-corrected chi connectivity index (χ0v) is 41.7. The van der Waals surface area contributed by atoms with Crippen molar-refractivity contribution in [3.8, 4) is 15.5 Å². The van der Waals surface area contributed by atoms with E-state index < -0.39 is 40.0 Å². The molecule has 5 heterocycles. The van der Waals surface area contributed by atoms with Crippen LogP contribution in [0.5, 0.6) is 5.75 Å². The van der Waals surface area contributed by atoms with Crippen LogP contribution in [0.25, 0.3) is 9.75 Å². The number of carboxylic acid groups (broad SMARTS) is 1. The van der Waals surface area contributed by atoms with Gasteiger partial charge in [0.05, 0.1) is 58.7 Å². The molecule has 0 spiro atoms. The molecule has 14 nitrogen and oxygen atoms in total. The van der Waals surface area contributed by atoms with Gasteiger partial charge in [0.25, 0.3) is 0 Å². The van der Waals surface area contributed by atoms with Crippen LogP contribution in [0.2, 0.25) is 0 Å². The van der Waals surface area contributed by atoms with Crippen LogP contribution in [0.3, 0.4) is 0 Å². The van der Waals surface area contributed by atoms with Gasteiger partial charge in [-0.25, -0.2) is 23.0 Å². The highest BCUT2D eigenvalue weighted by Gasteiger charge is 2.53. The fourth-order valence-corrected chi connectivity index (χ4v) is 14.1. The third-order valence-corrected chi connectivity index (χ3v) is 18.0. The summed E-state index contributed by atoms with van der Waals surface area (Å²) in [5, 5.41) is 14.7. The highest BCUT2D eigenvalue weighted by atomic mass is 32.2. The third kappa shape index (κ3) is 10.6. The zero-order valence-electron chi connectivity index (χ0n) is 39.3. The second-order valence-electron chi connectivity index (χ2n) is 19.6. The smallest absolute Gasteiger partial charge is 0.407 e. The first kappa shape index (κ1) is 48.2. The molecule has 2 N–H and O–H groups in total. The maximum atomic E-state index is 14.1. The van der Waals surface area contributed by atoms with Crippen LogP contribution in [0.15, 0.2) is 53.4 Å². The number of sulfonamides is 1. The van der Waals surface area contributed by atoms with Gasteiger partial charge in [-0.3, -0.25) is 0 Å². The Bertz CT molecular complexity index is 2470. The average Bonchev–Trinajstić information content (AvgIpc) is 4.12. The van der Waals surface area contributed by atoms with Gasteiger partial charge in [0.2, 0.25) is 10.0 Å². The van der Waals surface area contributed by atoms with E-state index in [1.165, 1.54) is 16.3 Å². The van der Waals surface area contributed by atoms with E-state index in [1.54, 1.807) is 46.9 Å². The lowest BCUT2D eigenvalue weighted by atomic mass is 9.76. The molecule has 4 atom stereocenters. The van der Waals surface area contributed by atoms with Crippen molar-refractivity contribution in [3.63, 3.8) is 0 Å². The summed E-state index contributed by atoms with van der Waals surface area (Å²) in [6.07, 6.45) is 5.33. The summed E-state index contributed by atoms with van der Waals surface area (Å²) < 4.78 is 52.6. The Morgan fingerprint density at radius 2 is 1.76 bits per heavy atom. The number of carboxylic acids is 1. The molecule has 3 saturated heterocycles. The minimum absolute atomic E-state index is 0.0453. The van der Waals surface area contributed by atoms with E-state index in [1.807, 2.05) is 52.1 Å². The number of thiophene rings is 1. The topological polar surface area (TPSA) is 160 Å². The number of hydrogen-bond acceptors (Lipinski definition) is 13. The number of anilines is 2. The summed E-state index contributed by atoms with van der Waals surface area (Å²) in [6, 6.07) is 14.1. The van der Waals surface area contributed by atoms with E-state index in [9.17, 15) is 23.1 Å². The number of ether oxygens (including phenoxy) is 4. The van der Waals surface area contributed by atoms with Crippen LogP contribution in [-0.4, -0.2) is 106 Å². The largest absolute Gasteiger partial charge is 0.497 e. The molecule has 1 amide bonds. The molecule has 2 aromatic carbocycles. The molecule has 0 bridgehead atoms. The number of aromatic carboxylic acids is 1. The molecular formula is C49H65N5O9S3. The Morgan fingerprint density at radius 3 is 2.44 bits per heavy atom. The second-order valence-corrected chi connectivity index (χ2v) is 23.6. The summed E-state index contributed by atoms with van der Waals surface area (Å²) in [6.45, 7) is 13.9. The molecule has 358 valence electrons. The Hall–Kier alpha value is -4.26. The van der Waals surface area contributed by atoms with Gasteiger partial charge >= 0.3 is 12.1 Å². The van der Waals surface area contributed by atoms with Gasteiger partial charge < -0.3 is 39.2 Å². The van der Waals surface area contributed by atoms with E-state index in [0.29, 0.717) is 43.9 Å². The number of alkyl carbamates (subject to hydrolysis) is 1. The number of carbonyl (C=O) groups excluding carboxylic acids is 1. The first-order valence-electron chi connectivity index (χ1n) is 23.2. The number of aromatic nitrogens is 1. The van der Waals surface area contributed by atoms with Gasteiger partial charge in [0, 0.05) is 49.8 Å². The van der Waals surface area contributed by atoms with Crippen molar-refractivity contribution < 1.29 is 42.1 Å². The summed E-state index contributed by atoms with van der Waals surface area (Å²) in [5.41, 5.74) is 4.24. The molecule has 4 aromatic rings. The van der Waals surface area contributed by atoms with Gasteiger partial charge in [-0.05, 0) is 117 Å². The van der Waals surface area contributed by atoms with Crippen LogP contribution in [0, 0.1) is 17.3 Å². The van der Waals surface area contributed by atoms with E-state index in [-0.39, 0.29) is 35.3 Å². The molecule has 66 heavy (non-hydrogen) atoms. The number of benzene rings is 2. The van der Waals surface area contributed by atoms with Crippen molar-refractivity contribution in [2.75, 3.05) is 63.4 Å². The fourth-order valence-electron chi connectivity index (χ4n) is 9.85. The van der Waals surface area contributed by atoms with Crippen molar-refractivity contribution in [2.45, 2.75) is 115 Å². The Kier molecular flexibility index (Phi) is 14.4. The van der Waals surface area contributed by atoms with Crippen LogP contribution in [0.1, 0.15) is 98.8 Å². The monoisotopic (exact) mass is 963 g/mol. The molecule has 0 radical (unpaired) electrons. The molecule has 8 rings (SSSR count). The van der Waals surface area contributed by atoms with Crippen LogP contribution >= 0.6 is 22.7 Å². The number of aryl methyl sites for hydroxylation is 1. The third-order valence-electron chi connectivity index (χ3n) is 13.6. The number of nitrogens with zero attached hydrogens (tertiary/aromatic N) is 4. The van der Waals surface area contributed by atoms with Crippen molar-refractivity contribution in [3.05, 3.63) is 75.8 Å². The second kappa shape index (κ2) is 19.8. The SMILES string of the molecule is COc1ccc(S(=O)(=O)N(CC[C@H](Cc2ccc(N(C)Cc3nc(N4CCCC4)sc3-c3sc4c(c3C(=O)O)CC(C)(C)CC4)cc2)NC(=O)O[C@H]2CO[C@@]3(C)OCC[C@@H]23)CC(C)C)cc1. The van der Waals surface area contributed by atoms with Crippen molar-refractivity contribution >= 4 is 55.6 Å². The Labute approximate surface area is 397 Å². The molecule has 1 aliphatic carbocycles. The quantitative estimate of drug-likeness (QED) is 0.0977. The summed E-state index contributed by atoms with van der Waals surface area (Å²) >= 11 is 3.24. The van der Waals surface area contributed by atoms with Crippen LogP contribution in [0.4, 0.5) is 15.6 Å². The van der Waals surface area contributed by atoms with Crippen molar-refractivity contribution in [1.82, 2.24) is 14.6 Å². The number of rotatable bonds is 18. The van der Waals surface area contributed by atoms with Crippen LogP contribution < -0.4 is 19.9 Å². The Morgan fingerprint density at radius 1 is 1.03 bits per heavy atom. The van der Waals surface area contributed by atoms with Gasteiger partial charge in [-0.1, -0.05) is 51.2 Å². The van der Waals surface area contributed by atoms with Gasteiger partial charge in [-0.15, -0.1) is 11.3 Å². The normalized spacial score (nSPS) is 21.8. The molecule has 0 saturated carbocycles. The van der Waals surface area contributed by atoms with E-state index in [0.717, 1.165) is 89.0 Å². The fraction of sp³-hybridized carbons (Fsp3) is 0.571. The number of nitrogens with one attached hydrogen (secondary N) is 1. The first-order chi connectivity index (χ1) is 31.4. The minimum Gasteiger partial charge on any atom is -0.497 e. The number of hydrogen-bond donors (Lipinski definition) is 2. The van der Waals surface area contributed by atoms with Crippen LogP contribution in [-0.2, 0) is 50.0 Å². The molecule has 2 aromatic heterocycles. The summed E-state index contributed by atoms with van der Waals surface area (Å²) in [4.78, 5) is 39.4. The van der Waals surface area contributed by atoms with E-state index in [2.05, 4.69) is 29.0 Å². The first-order valence-corrected chi connectivity index (χ1v) is 26.3. The number of thiazole rings is 1. The van der Waals surface area contributed by atoms with Gasteiger partial charge in [-0.2, -0.15) is 4.31 Å². The lowest BCUT2D eigenvalue weighted by molar-refractivity contribution is -0.181. The van der Waals surface area contributed by atoms with Gasteiger partial charge in [0.15, 0.2) is 10.9 Å². The minimum atomic E-state index is -3.87. The standard InChI is InChI=1S/C49H65N5O9S3/c1-31(2)28-54(66(58,59)36-16-14-35(60-7)15-17-36)24-19-33(50-47(57)63-40-30-62-49(5)38(40)20-25-61-49)26-32-10-12-34(13-11-32)52(6)29-39-43(65-46(51-39)53-22-8-9-23-53)44-42(45(55)56)37-27-48(3,4)21-18-41(37)64-44/h10-17,31,33,38,40H,8-9,18-30H2,1-7H3,(H,50,57)(H,55,56)/t33-,38+,40+,49-/m1/s1. The predicted octanol–water partition coefficient (Wildman–Crippen LogP) is 8.86. The predicted molar refractivity (Wildman–Crippen MR) is 259 cm³/mol. The van der Waals surface area contributed by atoms with Crippen molar-refractivity contribution in [2.24, 2.45) is 17.3 Å². The number of methoxy groups -OCH3 is 1. The highest BCUT2D eigenvalue weighted by molar-refractivity contribution is 7.89. The molecule has 4 aliphatic rings. The number of amides is 1. The summed E-state index contributed by atoms with van der Waals surface area (Å²) in [5.74, 6) is -1.10. The molecule has 3 aliphatic heterocycles. The number of fused-ring (bicyclic) bond motifs is 2. The van der Waals surface area contributed by atoms with Gasteiger partial charge in [0.1, 0.15) is 11.9 Å². The Balaban J connectivity index is 1.02. The lowest BCUT2D eigenvalue weighted by Crippen LogP contribution is -2.43. The lowest BCUT2D eigenvalue weighted by Gasteiger charge is -2.29. The average molecular weight is 964 g/mol. The molecule has 3 fully saturated rings. The van der Waals surface area contributed by atoms with E-state index >= 15 is 0 Å². The highest BCUT2D eigenvalue weighted by Crippen LogP contribution is 2.49.